The zero-order chi connectivity index (χ0) is 56.8. The maximum absolute atomic E-state index is 12.0. The van der Waals surface area contributed by atoms with E-state index in [4.69, 9.17) is 0 Å². The van der Waals surface area contributed by atoms with Crippen LogP contribution in [-0.2, 0) is 0 Å². The second-order valence-electron chi connectivity index (χ2n) is 19.2. The van der Waals surface area contributed by atoms with Crippen molar-refractivity contribution in [3.63, 3.8) is 0 Å². The third-order valence-electron chi connectivity index (χ3n) is 14.9. The van der Waals surface area contributed by atoms with Gasteiger partial charge in [0.05, 0.1) is 138 Å². The van der Waals surface area contributed by atoms with Crippen LogP contribution in [0.3, 0.4) is 0 Å². The normalized spacial score (nSPS) is 10.6. The Balaban J connectivity index is 1.20. The minimum absolute atomic E-state index is 0.245. The lowest BCUT2D eigenvalue weighted by Gasteiger charge is -2.20. The van der Waals surface area contributed by atoms with Crippen molar-refractivity contribution < 1.29 is 0 Å². The minimum atomic E-state index is 0.245. The Hall–Kier alpha value is -13.3. The number of hydrogen-bond donors (Lipinski definition) is 0. The van der Waals surface area contributed by atoms with E-state index in [1.807, 2.05) is 100 Å². The van der Waals surface area contributed by atoms with Crippen LogP contribution in [-0.4, -0.2) is 9.13 Å². The third-order valence-corrected chi connectivity index (χ3v) is 14.9. The molecule has 12 nitrogen and oxygen atoms in total. The standard InChI is InChI=1S/C70H30N12/c71-31-41-2-1-3-46(22-41)59-16-21-69(81-65-17-8-47(55-12-4-42(32-72)23-51(55)36-76)27-60(65)61-28-48(9-18-66(61)81)56-13-5-43(33-73)24-52(56)37-77)64(40-80)70(59)82-67-19-10-49(57-14-6-44(34-74)25-53(57)38-78)29-62(67)63-30-50(11-20-68(63)82)58-15-7-45(35-75)26-54(58)39-79/h1-30H. The molecule has 0 N–H and O–H groups in total. The molecule has 0 amide bonds. The first-order chi connectivity index (χ1) is 40.2. The summed E-state index contributed by atoms with van der Waals surface area (Å²) < 4.78 is 4.03. The third kappa shape index (κ3) is 8.00. The maximum atomic E-state index is 12.0. The van der Waals surface area contributed by atoms with Crippen molar-refractivity contribution in [3.05, 3.63) is 238 Å². The topological polar surface area (TPSA) is 248 Å². The molecule has 12 aromatic rings. The molecule has 0 unspecified atom stereocenters. The van der Waals surface area contributed by atoms with Crippen molar-refractivity contribution in [2.24, 2.45) is 0 Å². The Kier molecular flexibility index (Phi) is 12.1. The van der Waals surface area contributed by atoms with Gasteiger partial charge in [-0.25, -0.2) is 0 Å². The molecule has 0 radical (unpaired) electrons. The molecule has 0 aliphatic rings. The highest BCUT2D eigenvalue weighted by Crippen LogP contribution is 2.45. The molecule has 0 aliphatic carbocycles. The van der Waals surface area contributed by atoms with Crippen molar-refractivity contribution >= 4 is 43.6 Å². The summed E-state index contributed by atoms with van der Waals surface area (Å²) in [4.78, 5) is 0. The number of rotatable bonds is 7. The summed E-state index contributed by atoms with van der Waals surface area (Å²) in [6, 6.07) is 76.3. The predicted molar refractivity (Wildman–Crippen MR) is 309 cm³/mol. The Morgan fingerprint density at radius 3 is 0.890 bits per heavy atom. The summed E-state index contributed by atoms with van der Waals surface area (Å²) in [5.41, 5.74) is 13.3. The molecule has 2 aromatic heterocycles. The summed E-state index contributed by atoms with van der Waals surface area (Å²) >= 11 is 0. The molecule has 0 fully saturated rings. The molecular weight excluding hydrogens is 1010 g/mol. The van der Waals surface area contributed by atoms with Gasteiger partial charge in [-0.05, 0) is 165 Å². The van der Waals surface area contributed by atoms with Crippen LogP contribution in [0.4, 0.5) is 0 Å². The second kappa shape index (κ2) is 20.0. The number of hydrogen-bond acceptors (Lipinski definition) is 10. The fraction of sp³-hybridized carbons (Fsp3) is 0. The van der Waals surface area contributed by atoms with E-state index in [2.05, 4.69) is 60.7 Å². The zero-order valence-electron chi connectivity index (χ0n) is 42.7. The van der Waals surface area contributed by atoms with Crippen molar-refractivity contribution in [1.29, 1.82) is 52.6 Å². The number of nitriles is 10. The molecular formula is C70H30N12. The smallest absolute Gasteiger partial charge is 0.104 e. The second-order valence-corrected chi connectivity index (χ2v) is 19.2. The summed E-state index contributed by atoms with van der Waals surface area (Å²) in [5.74, 6) is 0. The molecule has 0 bridgehead atoms. The van der Waals surface area contributed by atoms with E-state index in [0.717, 1.165) is 21.5 Å². The number of fused-ring (bicyclic) bond motifs is 6. The molecule has 0 saturated heterocycles. The lowest BCUT2D eigenvalue weighted by molar-refractivity contribution is 1.12. The molecule has 0 saturated carbocycles. The van der Waals surface area contributed by atoms with Crippen molar-refractivity contribution in [1.82, 2.24) is 9.13 Å². The van der Waals surface area contributed by atoms with Crippen molar-refractivity contribution in [3.8, 4) is 128 Å². The van der Waals surface area contributed by atoms with Crippen LogP contribution in [0.2, 0.25) is 0 Å². The molecule has 82 heavy (non-hydrogen) atoms. The summed E-state index contributed by atoms with van der Waals surface area (Å²) in [7, 11) is 0. The molecule has 370 valence electrons. The number of benzene rings is 10. The van der Waals surface area contributed by atoms with Crippen molar-refractivity contribution in [2.75, 3.05) is 0 Å². The van der Waals surface area contributed by atoms with Crippen LogP contribution >= 0.6 is 0 Å². The Morgan fingerprint density at radius 1 is 0.244 bits per heavy atom. The fourth-order valence-corrected chi connectivity index (χ4v) is 11.1. The number of nitrogens with zero attached hydrogens (tertiary/aromatic N) is 12. The van der Waals surface area contributed by atoms with Crippen LogP contribution in [0.1, 0.15) is 55.6 Å². The molecule has 12 heteroatoms. The SMILES string of the molecule is N#Cc1cccc(-c2ccc(-n3c4ccc(-c5ccc(C#N)cc5C#N)cc4c4cc(-c5ccc(C#N)cc5C#N)ccc43)c(C#N)c2-n2c3ccc(-c4ccc(C#N)cc4C#N)cc3c3cc(-c4ccc(C#N)cc4C#N)ccc32)c1. The maximum Gasteiger partial charge on any atom is 0.104 e. The van der Waals surface area contributed by atoms with E-state index in [-0.39, 0.29) is 5.56 Å². The number of aromatic nitrogens is 2. The van der Waals surface area contributed by atoms with Gasteiger partial charge in [0.15, 0.2) is 0 Å². The van der Waals surface area contributed by atoms with E-state index in [1.54, 1.807) is 91.0 Å². The molecule has 0 spiro atoms. The van der Waals surface area contributed by atoms with Gasteiger partial charge < -0.3 is 9.13 Å². The van der Waals surface area contributed by atoms with Crippen LogP contribution in [0.5, 0.6) is 0 Å². The van der Waals surface area contributed by atoms with E-state index in [0.29, 0.717) is 139 Å². The highest BCUT2D eigenvalue weighted by atomic mass is 15.0. The minimum Gasteiger partial charge on any atom is -0.308 e. The Labute approximate surface area is 468 Å². The van der Waals surface area contributed by atoms with Gasteiger partial charge >= 0.3 is 0 Å². The molecule has 12 rings (SSSR count). The quantitative estimate of drug-likeness (QED) is 0.146. The van der Waals surface area contributed by atoms with Gasteiger partial charge in [0.25, 0.3) is 0 Å². The van der Waals surface area contributed by atoms with Crippen LogP contribution in [0.15, 0.2) is 182 Å². The lowest BCUT2D eigenvalue weighted by Crippen LogP contribution is -2.06. The Bertz CT molecular complexity index is 5040. The van der Waals surface area contributed by atoms with Gasteiger partial charge in [-0.1, -0.05) is 66.7 Å². The van der Waals surface area contributed by atoms with Crippen molar-refractivity contribution in [2.45, 2.75) is 0 Å². The highest BCUT2D eigenvalue weighted by molar-refractivity contribution is 6.14. The average Bonchev–Trinajstić information content (AvgIpc) is 2.12. The highest BCUT2D eigenvalue weighted by Gasteiger charge is 2.26. The van der Waals surface area contributed by atoms with Gasteiger partial charge in [0, 0.05) is 27.1 Å². The van der Waals surface area contributed by atoms with E-state index in [1.165, 1.54) is 0 Å². The molecule has 0 aliphatic heterocycles. The van der Waals surface area contributed by atoms with Crippen LogP contribution in [0.25, 0.3) is 111 Å². The molecule has 0 atom stereocenters. The first-order valence-corrected chi connectivity index (χ1v) is 25.2. The molecule has 10 aromatic carbocycles. The lowest BCUT2D eigenvalue weighted by atomic mass is 9.95. The van der Waals surface area contributed by atoms with Crippen LogP contribution in [0, 0.1) is 113 Å². The average molecular weight is 1040 g/mol. The van der Waals surface area contributed by atoms with E-state index >= 15 is 0 Å². The van der Waals surface area contributed by atoms with E-state index < -0.39 is 0 Å². The van der Waals surface area contributed by atoms with E-state index in [9.17, 15) is 52.6 Å². The van der Waals surface area contributed by atoms with Gasteiger partial charge in [-0.3, -0.25) is 0 Å². The zero-order valence-corrected chi connectivity index (χ0v) is 42.7. The summed E-state index contributed by atoms with van der Waals surface area (Å²) in [6.45, 7) is 0. The largest absolute Gasteiger partial charge is 0.308 e. The predicted octanol–water partition coefficient (Wildman–Crippen LogP) is 14.9. The Morgan fingerprint density at radius 2 is 0.561 bits per heavy atom. The summed E-state index contributed by atoms with van der Waals surface area (Å²) in [5, 5.41) is 105. The summed E-state index contributed by atoms with van der Waals surface area (Å²) in [6.07, 6.45) is 0. The first-order valence-electron chi connectivity index (χ1n) is 25.2. The van der Waals surface area contributed by atoms with Gasteiger partial charge in [0.2, 0.25) is 0 Å². The monoisotopic (exact) mass is 1040 g/mol. The van der Waals surface area contributed by atoms with Gasteiger partial charge in [-0.2, -0.15) is 52.6 Å². The van der Waals surface area contributed by atoms with Gasteiger partial charge in [0.1, 0.15) is 11.6 Å². The fourth-order valence-electron chi connectivity index (χ4n) is 11.1. The molecule has 2 heterocycles. The van der Waals surface area contributed by atoms with Crippen LogP contribution < -0.4 is 0 Å². The first kappa shape index (κ1) is 49.6. The van der Waals surface area contributed by atoms with Gasteiger partial charge in [-0.15, -0.1) is 0 Å².